The van der Waals surface area contributed by atoms with E-state index in [4.69, 9.17) is 4.74 Å². The summed E-state index contributed by atoms with van der Waals surface area (Å²) in [6.07, 6.45) is 0.913. The van der Waals surface area contributed by atoms with E-state index in [1.54, 1.807) is 24.0 Å². The van der Waals surface area contributed by atoms with E-state index in [1.165, 1.54) is 12.1 Å². The zero-order valence-electron chi connectivity index (χ0n) is 15.1. The van der Waals surface area contributed by atoms with Crippen LogP contribution in [0.5, 0.6) is 0 Å². The summed E-state index contributed by atoms with van der Waals surface area (Å²) in [5, 5.41) is 15.7. The molecule has 2 aliphatic heterocycles. The maximum Gasteiger partial charge on any atom is 0.409 e. The lowest BCUT2D eigenvalue weighted by Crippen LogP contribution is -2.49. The molecule has 0 spiro atoms. The van der Waals surface area contributed by atoms with E-state index in [2.05, 4.69) is 10.6 Å². The average molecular weight is 389 g/mol. The molecule has 2 fully saturated rings. The number of anilines is 1. The fourth-order valence-corrected chi connectivity index (χ4v) is 3.02. The minimum Gasteiger partial charge on any atom is -0.450 e. The van der Waals surface area contributed by atoms with Crippen LogP contribution in [0.15, 0.2) is 23.9 Å². The first-order valence-corrected chi connectivity index (χ1v) is 8.68. The van der Waals surface area contributed by atoms with Gasteiger partial charge in [-0.3, -0.25) is 20.2 Å². The second-order valence-electron chi connectivity index (χ2n) is 6.14. The normalized spacial score (nSPS) is 18.1. The fraction of sp³-hybridized carbons (Fsp3) is 0.353. The third-order valence-corrected chi connectivity index (χ3v) is 4.40. The van der Waals surface area contributed by atoms with E-state index in [-0.39, 0.29) is 23.0 Å². The Morgan fingerprint density at radius 1 is 1.25 bits per heavy atom. The van der Waals surface area contributed by atoms with Crippen LogP contribution >= 0.6 is 0 Å². The third kappa shape index (κ3) is 4.03. The number of nitrogens with zero attached hydrogens (tertiary/aromatic N) is 3. The van der Waals surface area contributed by atoms with Crippen LogP contribution in [-0.2, 0) is 9.53 Å². The zero-order chi connectivity index (χ0) is 20.3. The Balaban J connectivity index is 1.81. The molecule has 0 aromatic heterocycles. The van der Waals surface area contributed by atoms with Crippen molar-refractivity contribution in [3.8, 4) is 0 Å². The number of piperazine rings is 1. The van der Waals surface area contributed by atoms with Gasteiger partial charge in [-0.25, -0.2) is 9.59 Å². The van der Waals surface area contributed by atoms with Gasteiger partial charge in [-0.2, -0.15) is 0 Å². The van der Waals surface area contributed by atoms with Crippen LogP contribution in [0.1, 0.15) is 12.5 Å². The second-order valence-corrected chi connectivity index (χ2v) is 6.14. The highest BCUT2D eigenvalue weighted by molar-refractivity contribution is 6.14. The summed E-state index contributed by atoms with van der Waals surface area (Å²) in [5.74, 6) is -0.646. The Bertz CT molecular complexity index is 860. The highest BCUT2D eigenvalue weighted by atomic mass is 16.6. The largest absolute Gasteiger partial charge is 0.450 e. The lowest BCUT2D eigenvalue weighted by Gasteiger charge is -2.35. The van der Waals surface area contributed by atoms with Crippen molar-refractivity contribution in [2.45, 2.75) is 6.92 Å². The molecule has 11 heteroatoms. The van der Waals surface area contributed by atoms with Gasteiger partial charge in [-0.15, -0.1) is 0 Å². The summed E-state index contributed by atoms with van der Waals surface area (Å²) in [7, 11) is 0. The first kappa shape index (κ1) is 19.1. The van der Waals surface area contributed by atoms with Gasteiger partial charge in [0.25, 0.3) is 11.6 Å². The van der Waals surface area contributed by atoms with E-state index in [1.807, 2.05) is 4.90 Å². The monoisotopic (exact) mass is 389 g/mol. The number of imide groups is 1. The molecule has 2 N–H and O–H groups in total. The van der Waals surface area contributed by atoms with Gasteiger partial charge in [0.2, 0.25) is 0 Å². The Morgan fingerprint density at radius 2 is 1.96 bits per heavy atom. The lowest BCUT2D eigenvalue weighted by atomic mass is 10.1. The smallest absolute Gasteiger partial charge is 0.409 e. The van der Waals surface area contributed by atoms with Crippen molar-refractivity contribution in [3.05, 3.63) is 39.6 Å². The number of carbonyl (C=O) groups excluding carboxylic acids is 3. The summed E-state index contributed by atoms with van der Waals surface area (Å²) >= 11 is 0. The topological polar surface area (TPSA) is 134 Å². The lowest BCUT2D eigenvalue weighted by molar-refractivity contribution is -0.385. The highest BCUT2D eigenvalue weighted by Gasteiger charge is 2.26. The van der Waals surface area contributed by atoms with Crippen molar-refractivity contribution < 1.29 is 24.0 Å². The summed E-state index contributed by atoms with van der Waals surface area (Å²) in [5.41, 5.74) is 0.668. The molecular weight excluding hydrogens is 370 g/mol. The summed E-state index contributed by atoms with van der Waals surface area (Å²) in [6.45, 7) is 4.04. The average Bonchev–Trinajstić information content (AvgIpc) is 2.98. The van der Waals surface area contributed by atoms with Crippen molar-refractivity contribution in [2.75, 3.05) is 37.7 Å². The van der Waals surface area contributed by atoms with Crippen molar-refractivity contribution in [3.63, 3.8) is 0 Å². The standard InChI is InChI=1S/C17H19N5O6/c1-2-28-17(25)21-7-5-20(6-8-21)12-3-4-14(22(26)27)11(9-12)10-13-15(23)19-16(24)18-13/h3-4,9-10H,2,5-8H2,1H3,(H2,18,19,23,24)/b13-10+. The summed E-state index contributed by atoms with van der Waals surface area (Å²) in [6, 6.07) is 3.88. The quantitative estimate of drug-likeness (QED) is 0.340. The molecule has 2 heterocycles. The van der Waals surface area contributed by atoms with E-state index in [0.717, 1.165) is 0 Å². The van der Waals surface area contributed by atoms with Gasteiger partial charge in [0.05, 0.1) is 17.1 Å². The molecule has 0 atom stereocenters. The van der Waals surface area contributed by atoms with E-state index in [0.29, 0.717) is 38.5 Å². The number of urea groups is 1. The zero-order valence-corrected chi connectivity index (χ0v) is 15.1. The van der Waals surface area contributed by atoms with Crippen LogP contribution in [0.2, 0.25) is 0 Å². The van der Waals surface area contributed by atoms with E-state index >= 15 is 0 Å². The highest BCUT2D eigenvalue weighted by Crippen LogP contribution is 2.28. The van der Waals surface area contributed by atoms with Gasteiger partial charge in [-0.1, -0.05) is 0 Å². The molecular formula is C17H19N5O6. The van der Waals surface area contributed by atoms with Crippen LogP contribution in [0.4, 0.5) is 21.0 Å². The number of hydrogen-bond donors (Lipinski definition) is 2. The molecule has 4 amide bonds. The van der Waals surface area contributed by atoms with Crippen LogP contribution in [0, 0.1) is 10.1 Å². The Labute approximate surface area is 160 Å². The Kier molecular flexibility index (Phi) is 5.43. The maximum absolute atomic E-state index is 11.8. The SMILES string of the molecule is CCOC(=O)N1CCN(c2ccc([N+](=O)[O-])c(/C=C3/NC(=O)NC3=O)c2)CC1. The van der Waals surface area contributed by atoms with E-state index < -0.39 is 16.9 Å². The molecule has 0 saturated carbocycles. The third-order valence-electron chi connectivity index (χ3n) is 4.40. The molecule has 2 saturated heterocycles. The Hall–Kier alpha value is -3.63. The molecule has 1 aromatic carbocycles. The number of hydrogen-bond acceptors (Lipinski definition) is 7. The van der Waals surface area contributed by atoms with Crippen molar-refractivity contribution in [1.29, 1.82) is 0 Å². The van der Waals surface area contributed by atoms with Crippen LogP contribution in [0.3, 0.4) is 0 Å². The predicted molar refractivity (Wildman–Crippen MR) is 98.6 cm³/mol. The maximum atomic E-state index is 11.8. The summed E-state index contributed by atoms with van der Waals surface area (Å²) in [4.78, 5) is 49.1. The molecule has 0 radical (unpaired) electrons. The molecule has 28 heavy (non-hydrogen) atoms. The van der Waals surface area contributed by atoms with Gasteiger partial charge < -0.3 is 19.9 Å². The molecule has 0 aliphatic carbocycles. The number of nitrogens with one attached hydrogen (secondary N) is 2. The molecule has 3 rings (SSSR count). The van der Waals surface area contributed by atoms with Gasteiger partial charge in [0, 0.05) is 37.9 Å². The number of carbonyl (C=O) groups is 3. The van der Waals surface area contributed by atoms with Crippen LogP contribution < -0.4 is 15.5 Å². The molecule has 0 bridgehead atoms. The number of amides is 4. The second kappa shape index (κ2) is 7.94. The fourth-order valence-electron chi connectivity index (χ4n) is 3.02. The minimum atomic E-state index is -0.676. The van der Waals surface area contributed by atoms with Crippen LogP contribution in [0.25, 0.3) is 6.08 Å². The Morgan fingerprint density at radius 3 is 2.54 bits per heavy atom. The summed E-state index contributed by atoms with van der Waals surface area (Å²) < 4.78 is 4.99. The first-order valence-electron chi connectivity index (χ1n) is 8.68. The number of rotatable bonds is 4. The molecule has 0 unspecified atom stereocenters. The minimum absolute atomic E-state index is 0.0580. The van der Waals surface area contributed by atoms with Crippen molar-refractivity contribution >= 4 is 35.5 Å². The molecule has 2 aliphatic rings. The van der Waals surface area contributed by atoms with Gasteiger partial charge >= 0.3 is 12.1 Å². The molecule has 1 aromatic rings. The number of nitro groups is 1. The van der Waals surface area contributed by atoms with Gasteiger partial charge in [0.1, 0.15) is 5.70 Å². The van der Waals surface area contributed by atoms with Gasteiger partial charge in [-0.05, 0) is 25.1 Å². The molecule has 148 valence electrons. The van der Waals surface area contributed by atoms with Crippen LogP contribution in [-0.4, -0.2) is 60.6 Å². The predicted octanol–water partition coefficient (Wildman–Crippen LogP) is 1.05. The van der Waals surface area contributed by atoms with Crippen molar-refractivity contribution in [1.82, 2.24) is 15.5 Å². The first-order chi connectivity index (χ1) is 13.4. The van der Waals surface area contributed by atoms with E-state index in [9.17, 15) is 24.5 Å². The number of nitro benzene ring substituents is 1. The van der Waals surface area contributed by atoms with Crippen molar-refractivity contribution in [2.24, 2.45) is 0 Å². The van der Waals surface area contributed by atoms with Gasteiger partial charge in [0.15, 0.2) is 0 Å². The number of benzene rings is 1. The number of ether oxygens (including phenoxy) is 1. The molecule has 11 nitrogen and oxygen atoms in total.